The third-order valence-corrected chi connectivity index (χ3v) is 3.69. The largest absolute Gasteiger partial charge is 0.450 e. The lowest BCUT2D eigenvalue weighted by molar-refractivity contribution is -0.169. The number of halogens is 3. The highest BCUT2D eigenvalue weighted by Crippen LogP contribution is 2.21. The molecule has 0 aliphatic carbocycles. The number of aliphatic imine (C=N–C) groups is 1. The van der Waals surface area contributed by atoms with E-state index in [4.69, 9.17) is 4.74 Å². The number of hydrogen-bond acceptors (Lipinski definition) is 5. The maximum absolute atomic E-state index is 12.6. The van der Waals surface area contributed by atoms with Crippen molar-refractivity contribution in [3.8, 4) is 0 Å². The highest BCUT2D eigenvalue weighted by atomic mass is 19.4. The fraction of sp³-hybridized carbons (Fsp3) is 0.722. The van der Waals surface area contributed by atoms with E-state index < -0.39 is 30.1 Å². The number of carbonyl (C=O) groups is 2. The van der Waals surface area contributed by atoms with E-state index in [9.17, 15) is 22.8 Å². The van der Waals surface area contributed by atoms with Gasteiger partial charge in [-0.15, -0.1) is 0 Å². The fourth-order valence-electron chi connectivity index (χ4n) is 2.39. The summed E-state index contributed by atoms with van der Waals surface area (Å²) in [5.74, 6) is -1.82. The minimum atomic E-state index is -4.88. The van der Waals surface area contributed by atoms with Gasteiger partial charge in [0.1, 0.15) is 5.60 Å². The number of rotatable bonds is 5. The maximum Gasteiger partial charge on any atom is 0.450 e. The van der Waals surface area contributed by atoms with Gasteiger partial charge in [0, 0.05) is 39.1 Å². The van der Waals surface area contributed by atoms with E-state index in [0.29, 0.717) is 25.9 Å². The fourth-order valence-corrected chi connectivity index (χ4v) is 2.39. The number of hydrogen-bond donors (Lipinski definition) is 0. The van der Waals surface area contributed by atoms with Crippen molar-refractivity contribution >= 4 is 17.6 Å². The van der Waals surface area contributed by atoms with Gasteiger partial charge in [0.25, 0.3) is 0 Å². The summed E-state index contributed by atoms with van der Waals surface area (Å²) >= 11 is 0. The van der Waals surface area contributed by atoms with Gasteiger partial charge >= 0.3 is 12.3 Å². The zero-order valence-electron chi connectivity index (χ0n) is 16.5. The Kier molecular flexibility index (Phi) is 7.86. The number of likely N-dealkylation sites (tertiary alicyclic amines) is 1. The Labute approximate surface area is 158 Å². The van der Waals surface area contributed by atoms with Crippen LogP contribution in [0.5, 0.6) is 0 Å². The Bertz CT molecular complexity index is 585. The molecule has 1 fully saturated rings. The zero-order chi connectivity index (χ0) is 20.8. The van der Waals surface area contributed by atoms with Crippen LogP contribution >= 0.6 is 0 Å². The first-order chi connectivity index (χ1) is 12.3. The van der Waals surface area contributed by atoms with Gasteiger partial charge in [0.15, 0.2) is 0 Å². The van der Waals surface area contributed by atoms with Gasteiger partial charge in [-0.1, -0.05) is 0 Å². The summed E-state index contributed by atoms with van der Waals surface area (Å²) in [4.78, 5) is 30.9. The van der Waals surface area contributed by atoms with Crippen LogP contribution in [0.2, 0.25) is 0 Å². The number of amides is 1. The van der Waals surface area contributed by atoms with E-state index in [-0.39, 0.29) is 11.8 Å². The molecule has 0 bridgehead atoms. The van der Waals surface area contributed by atoms with Gasteiger partial charge in [0.05, 0.1) is 12.5 Å². The second-order valence-electron chi connectivity index (χ2n) is 7.70. The van der Waals surface area contributed by atoms with Gasteiger partial charge in [-0.2, -0.15) is 13.2 Å². The van der Waals surface area contributed by atoms with Crippen molar-refractivity contribution in [2.24, 2.45) is 4.99 Å². The molecule has 1 aliphatic rings. The first-order valence-electron chi connectivity index (χ1n) is 8.77. The van der Waals surface area contributed by atoms with E-state index in [1.165, 1.54) is 6.08 Å². The van der Waals surface area contributed by atoms with Crippen molar-refractivity contribution in [1.29, 1.82) is 0 Å². The van der Waals surface area contributed by atoms with Crippen molar-refractivity contribution in [2.45, 2.75) is 57.9 Å². The summed E-state index contributed by atoms with van der Waals surface area (Å²) in [6.45, 7) is 6.15. The van der Waals surface area contributed by atoms with Crippen LogP contribution in [0.15, 0.2) is 17.3 Å². The normalized spacial score (nSPS) is 17.3. The van der Waals surface area contributed by atoms with Gasteiger partial charge in [-0.25, -0.2) is 4.79 Å². The number of nitrogens with zero attached hydrogens (tertiary/aromatic N) is 3. The molecule has 6 nitrogen and oxygen atoms in total. The molecule has 0 spiro atoms. The summed E-state index contributed by atoms with van der Waals surface area (Å²) in [5.41, 5.74) is -0.504. The first kappa shape index (κ1) is 23.0. The Balaban J connectivity index is 2.76. The van der Waals surface area contributed by atoms with E-state index >= 15 is 0 Å². The standard InChI is InChI=1S/C18H28F3N3O3/c1-17(2,3)27-16(26)24-10-7-13(8-11-24)22-14(6-9-23(4)5)12-15(25)18(19,20)21/h6,9,13H,7-8,10-12H2,1-5H3/b9-6+,22-14?. The van der Waals surface area contributed by atoms with Crippen LogP contribution in [0, 0.1) is 0 Å². The minimum absolute atomic E-state index is 0.0849. The van der Waals surface area contributed by atoms with Crippen molar-refractivity contribution in [1.82, 2.24) is 9.80 Å². The molecule has 0 aromatic carbocycles. The molecular formula is C18H28F3N3O3. The molecule has 0 aromatic heterocycles. The Morgan fingerprint density at radius 1 is 1.19 bits per heavy atom. The predicted molar refractivity (Wildman–Crippen MR) is 96.8 cm³/mol. The summed E-state index contributed by atoms with van der Waals surface area (Å²) in [5, 5.41) is 0. The molecule has 27 heavy (non-hydrogen) atoms. The maximum atomic E-state index is 12.6. The molecule has 0 saturated carbocycles. The monoisotopic (exact) mass is 391 g/mol. The highest BCUT2D eigenvalue weighted by Gasteiger charge is 2.38. The number of allylic oxidation sites excluding steroid dienone is 1. The molecule has 0 N–H and O–H groups in total. The number of Topliss-reactive ketones (excluding diaryl/α,β-unsaturated/α-hetero) is 1. The number of ketones is 1. The Morgan fingerprint density at radius 3 is 2.19 bits per heavy atom. The summed E-state index contributed by atoms with van der Waals surface area (Å²) in [6.07, 6.45) is -2.11. The summed E-state index contributed by atoms with van der Waals surface area (Å²) in [7, 11) is 3.44. The molecular weight excluding hydrogens is 363 g/mol. The van der Waals surface area contributed by atoms with Crippen molar-refractivity contribution < 1.29 is 27.5 Å². The molecule has 0 aromatic rings. The second kappa shape index (κ2) is 9.23. The van der Waals surface area contributed by atoms with E-state index in [0.717, 1.165) is 0 Å². The average molecular weight is 391 g/mol. The molecule has 1 aliphatic heterocycles. The van der Waals surface area contributed by atoms with Gasteiger partial charge in [-0.3, -0.25) is 9.79 Å². The molecule has 0 radical (unpaired) electrons. The third kappa shape index (κ3) is 8.92. The van der Waals surface area contributed by atoms with Crippen LogP contribution in [0.4, 0.5) is 18.0 Å². The molecule has 1 rings (SSSR count). The lowest BCUT2D eigenvalue weighted by atomic mass is 10.0. The lowest BCUT2D eigenvalue weighted by Gasteiger charge is -2.32. The van der Waals surface area contributed by atoms with Crippen LogP contribution in [0.3, 0.4) is 0 Å². The van der Waals surface area contributed by atoms with E-state index in [1.54, 1.807) is 50.9 Å². The van der Waals surface area contributed by atoms with Gasteiger partial charge in [0.2, 0.25) is 5.78 Å². The molecule has 0 unspecified atom stereocenters. The van der Waals surface area contributed by atoms with Crippen molar-refractivity contribution in [3.05, 3.63) is 12.3 Å². The van der Waals surface area contributed by atoms with Crippen LogP contribution in [-0.2, 0) is 9.53 Å². The molecule has 1 amide bonds. The number of alkyl halides is 3. The molecule has 0 atom stereocenters. The first-order valence-corrected chi connectivity index (χ1v) is 8.77. The summed E-state index contributed by atoms with van der Waals surface area (Å²) in [6, 6.07) is -0.244. The highest BCUT2D eigenvalue weighted by molar-refractivity contribution is 6.09. The third-order valence-electron chi connectivity index (χ3n) is 3.69. The smallest absolute Gasteiger partial charge is 0.444 e. The minimum Gasteiger partial charge on any atom is -0.444 e. The van der Waals surface area contributed by atoms with E-state index in [2.05, 4.69) is 4.99 Å². The topological polar surface area (TPSA) is 62.2 Å². The number of carbonyl (C=O) groups excluding carboxylic acids is 2. The Morgan fingerprint density at radius 2 is 1.74 bits per heavy atom. The quantitative estimate of drug-likeness (QED) is 0.674. The molecule has 1 heterocycles. The van der Waals surface area contributed by atoms with Gasteiger partial charge < -0.3 is 14.5 Å². The van der Waals surface area contributed by atoms with Crippen LogP contribution in [0.1, 0.15) is 40.0 Å². The predicted octanol–water partition coefficient (Wildman–Crippen LogP) is 3.42. The van der Waals surface area contributed by atoms with Crippen LogP contribution in [-0.4, -0.2) is 72.4 Å². The van der Waals surface area contributed by atoms with Crippen LogP contribution < -0.4 is 0 Å². The zero-order valence-corrected chi connectivity index (χ0v) is 16.5. The van der Waals surface area contributed by atoms with E-state index in [1.807, 2.05) is 0 Å². The van der Waals surface area contributed by atoms with Crippen LogP contribution in [0.25, 0.3) is 0 Å². The number of piperidine rings is 1. The second-order valence-corrected chi connectivity index (χ2v) is 7.70. The number of ether oxygens (including phenoxy) is 1. The van der Waals surface area contributed by atoms with Gasteiger partial charge in [-0.05, 0) is 39.7 Å². The SMILES string of the molecule is CN(C)/C=C/C(CC(=O)C(F)(F)F)=NC1CCN(C(=O)OC(C)(C)C)CC1. The Hall–Kier alpha value is -2.06. The molecule has 9 heteroatoms. The van der Waals surface area contributed by atoms with Crippen molar-refractivity contribution in [3.63, 3.8) is 0 Å². The summed E-state index contributed by atoms with van der Waals surface area (Å²) < 4.78 is 43.0. The molecule has 154 valence electrons. The van der Waals surface area contributed by atoms with Crippen molar-refractivity contribution in [2.75, 3.05) is 27.2 Å². The lowest BCUT2D eigenvalue weighted by Crippen LogP contribution is -2.42. The average Bonchev–Trinajstić information content (AvgIpc) is 2.50. The molecule has 1 saturated heterocycles.